The van der Waals surface area contributed by atoms with Crippen LogP contribution in [0.2, 0.25) is 0 Å². The summed E-state index contributed by atoms with van der Waals surface area (Å²) in [6.45, 7) is 5.12. The van der Waals surface area contributed by atoms with Crippen molar-refractivity contribution in [2.24, 2.45) is 0 Å². The SMILES string of the molecule is CNCc1cnc(Cc2ccc(C)c(C)c2)[nH]1. The van der Waals surface area contributed by atoms with Crippen LogP contribution in [0.15, 0.2) is 24.4 Å². The molecular weight excluding hydrogens is 210 g/mol. The zero-order chi connectivity index (χ0) is 12.3. The van der Waals surface area contributed by atoms with Gasteiger partial charge in [-0.05, 0) is 37.6 Å². The lowest BCUT2D eigenvalue weighted by molar-refractivity contribution is 0.793. The molecule has 2 N–H and O–H groups in total. The minimum Gasteiger partial charge on any atom is -0.345 e. The zero-order valence-corrected chi connectivity index (χ0v) is 10.7. The third-order valence-corrected chi connectivity index (χ3v) is 2.99. The van der Waals surface area contributed by atoms with E-state index < -0.39 is 0 Å². The van der Waals surface area contributed by atoms with Gasteiger partial charge in [0, 0.05) is 24.9 Å². The molecule has 0 saturated heterocycles. The van der Waals surface area contributed by atoms with Gasteiger partial charge in [0.2, 0.25) is 0 Å². The summed E-state index contributed by atoms with van der Waals surface area (Å²) in [5.74, 6) is 1.03. The zero-order valence-electron chi connectivity index (χ0n) is 10.7. The van der Waals surface area contributed by atoms with E-state index in [1.54, 1.807) is 0 Å². The van der Waals surface area contributed by atoms with Crippen LogP contribution in [0, 0.1) is 13.8 Å². The highest BCUT2D eigenvalue weighted by molar-refractivity contribution is 5.31. The number of benzene rings is 1. The Kier molecular flexibility index (Phi) is 3.59. The van der Waals surface area contributed by atoms with Crippen LogP contribution >= 0.6 is 0 Å². The number of hydrogen-bond acceptors (Lipinski definition) is 2. The third kappa shape index (κ3) is 2.94. The van der Waals surface area contributed by atoms with Gasteiger partial charge in [0.25, 0.3) is 0 Å². The predicted molar refractivity (Wildman–Crippen MR) is 70.1 cm³/mol. The van der Waals surface area contributed by atoms with E-state index in [1.807, 2.05) is 13.2 Å². The predicted octanol–water partition coefficient (Wildman–Crippen LogP) is 2.34. The van der Waals surface area contributed by atoms with E-state index in [1.165, 1.54) is 16.7 Å². The van der Waals surface area contributed by atoms with Gasteiger partial charge in [-0.25, -0.2) is 4.98 Å². The molecule has 3 heteroatoms. The molecule has 1 heterocycles. The van der Waals surface area contributed by atoms with Crippen molar-refractivity contribution in [3.8, 4) is 0 Å². The van der Waals surface area contributed by atoms with Gasteiger partial charge in [-0.15, -0.1) is 0 Å². The molecule has 17 heavy (non-hydrogen) atoms. The van der Waals surface area contributed by atoms with Crippen molar-refractivity contribution in [3.05, 3.63) is 52.6 Å². The molecule has 1 aromatic heterocycles. The van der Waals surface area contributed by atoms with E-state index in [4.69, 9.17) is 0 Å². The summed E-state index contributed by atoms with van der Waals surface area (Å²) in [7, 11) is 1.93. The van der Waals surface area contributed by atoms with Gasteiger partial charge >= 0.3 is 0 Å². The standard InChI is InChI=1S/C14H19N3/c1-10-4-5-12(6-11(10)2)7-14-16-9-13(17-14)8-15-3/h4-6,9,15H,7-8H2,1-3H3,(H,16,17). The second-order valence-electron chi connectivity index (χ2n) is 4.48. The van der Waals surface area contributed by atoms with Gasteiger partial charge in [0.15, 0.2) is 0 Å². The lowest BCUT2D eigenvalue weighted by Gasteiger charge is -2.03. The second kappa shape index (κ2) is 5.15. The Bertz CT molecular complexity index is 500. The van der Waals surface area contributed by atoms with Crippen LogP contribution < -0.4 is 5.32 Å². The van der Waals surface area contributed by atoms with Crippen LogP contribution in [0.1, 0.15) is 28.2 Å². The molecule has 0 radical (unpaired) electrons. The number of rotatable bonds is 4. The van der Waals surface area contributed by atoms with Crippen LogP contribution in [-0.2, 0) is 13.0 Å². The van der Waals surface area contributed by atoms with E-state index in [-0.39, 0.29) is 0 Å². The van der Waals surface area contributed by atoms with Crippen molar-refractivity contribution < 1.29 is 0 Å². The van der Waals surface area contributed by atoms with Gasteiger partial charge in [0.1, 0.15) is 5.82 Å². The summed E-state index contributed by atoms with van der Waals surface area (Å²) >= 11 is 0. The van der Waals surface area contributed by atoms with Gasteiger partial charge in [-0.2, -0.15) is 0 Å². The number of aryl methyl sites for hydroxylation is 2. The molecule has 0 unspecified atom stereocenters. The Morgan fingerprint density at radius 2 is 2.06 bits per heavy atom. The number of nitrogens with one attached hydrogen (secondary N) is 2. The lowest BCUT2D eigenvalue weighted by Crippen LogP contribution is -2.05. The number of nitrogens with zero attached hydrogens (tertiary/aromatic N) is 1. The van der Waals surface area contributed by atoms with Crippen molar-refractivity contribution in [3.63, 3.8) is 0 Å². The molecule has 2 rings (SSSR count). The molecule has 3 nitrogen and oxygen atoms in total. The monoisotopic (exact) mass is 229 g/mol. The van der Waals surface area contributed by atoms with E-state index in [9.17, 15) is 0 Å². The third-order valence-electron chi connectivity index (χ3n) is 2.99. The second-order valence-corrected chi connectivity index (χ2v) is 4.48. The maximum absolute atomic E-state index is 4.39. The minimum atomic E-state index is 0.833. The first kappa shape index (κ1) is 11.9. The first-order valence-electron chi connectivity index (χ1n) is 5.92. The van der Waals surface area contributed by atoms with Crippen LogP contribution in [0.25, 0.3) is 0 Å². The number of H-pyrrole nitrogens is 1. The molecule has 0 aliphatic rings. The fourth-order valence-corrected chi connectivity index (χ4v) is 1.88. The van der Waals surface area contributed by atoms with E-state index >= 15 is 0 Å². The molecule has 0 aliphatic heterocycles. The van der Waals surface area contributed by atoms with Crippen molar-refractivity contribution >= 4 is 0 Å². The summed E-state index contributed by atoms with van der Waals surface area (Å²) < 4.78 is 0. The Hall–Kier alpha value is -1.61. The Morgan fingerprint density at radius 3 is 2.76 bits per heavy atom. The van der Waals surface area contributed by atoms with Crippen LogP contribution in [-0.4, -0.2) is 17.0 Å². The van der Waals surface area contributed by atoms with Gasteiger partial charge < -0.3 is 10.3 Å². The Balaban J connectivity index is 2.11. The summed E-state index contributed by atoms with van der Waals surface area (Å²) in [6, 6.07) is 6.57. The van der Waals surface area contributed by atoms with E-state index in [2.05, 4.69) is 47.3 Å². The maximum atomic E-state index is 4.39. The molecule has 0 spiro atoms. The van der Waals surface area contributed by atoms with Crippen LogP contribution in [0.5, 0.6) is 0 Å². The highest BCUT2D eigenvalue weighted by Crippen LogP contribution is 2.12. The van der Waals surface area contributed by atoms with E-state index in [0.29, 0.717) is 0 Å². The fourth-order valence-electron chi connectivity index (χ4n) is 1.88. The molecule has 0 amide bonds. The average Bonchev–Trinajstić information content (AvgIpc) is 2.72. The van der Waals surface area contributed by atoms with Crippen LogP contribution in [0.4, 0.5) is 0 Å². The first-order valence-corrected chi connectivity index (χ1v) is 5.92. The molecule has 0 saturated carbocycles. The van der Waals surface area contributed by atoms with Gasteiger partial charge in [-0.1, -0.05) is 18.2 Å². The quantitative estimate of drug-likeness (QED) is 0.845. The minimum absolute atomic E-state index is 0.833. The maximum Gasteiger partial charge on any atom is 0.110 e. The molecule has 0 aliphatic carbocycles. The van der Waals surface area contributed by atoms with Crippen molar-refractivity contribution in [2.75, 3.05) is 7.05 Å². The highest BCUT2D eigenvalue weighted by atomic mass is 14.9. The van der Waals surface area contributed by atoms with Gasteiger partial charge in [-0.3, -0.25) is 0 Å². The Labute approximate surface area is 102 Å². The number of hydrogen-bond donors (Lipinski definition) is 2. The summed E-state index contributed by atoms with van der Waals surface area (Å²) in [5, 5.41) is 3.11. The Morgan fingerprint density at radius 1 is 1.24 bits per heavy atom. The molecule has 2 aromatic rings. The summed E-state index contributed by atoms with van der Waals surface area (Å²) in [5.41, 5.74) is 5.11. The average molecular weight is 229 g/mol. The van der Waals surface area contributed by atoms with Crippen LogP contribution in [0.3, 0.4) is 0 Å². The number of aromatic nitrogens is 2. The first-order chi connectivity index (χ1) is 8.19. The molecule has 90 valence electrons. The largest absolute Gasteiger partial charge is 0.345 e. The lowest BCUT2D eigenvalue weighted by atomic mass is 10.0. The van der Waals surface area contributed by atoms with Crippen molar-refractivity contribution in [1.82, 2.24) is 15.3 Å². The van der Waals surface area contributed by atoms with Crippen molar-refractivity contribution in [1.29, 1.82) is 0 Å². The number of aromatic amines is 1. The smallest absolute Gasteiger partial charge is 0.110 e. The summed E-state index contributed by atoms with van der Waals surface area (Å²) in [6.07, 6.45) is 2.76. The number of imidazole rings is 1. The fraction of sp³-hybridized carbons (Fsp3) is 0.357. The van der Waals surface area contributed by atoms with E-state index in [0.717, 1.165) is 24.5 Å². The molecule has 0 fully saturated rings. The topological polar surface area (TPSA) is 40.7 Å². The molecular formula is C14H19N3. The molecule has 0 atom stereocenters. The molecule has 0 bridgehead atoms. The highest BCUT2D eigenvalue weighted by Gasteiger charge is 2.02. The van der Waals surface area contributed by atoms with Gasteiger partial charge in [0.05, 0.1) is 0 Å². The van der Waals surface area contributed by atoms with Crippen molar-refractivity contribution in [2.45, 2.75) is 26.8 Å². The molecule has 1 aromatic carbocycles. The normalized spacial score (nSPS) is 10.8. The summed E-state index contributed by atoms with van der Waals surface area (Å²) in [4.78, 5) is 7.71.